The number of rotatable bonds is 2. The van der Waals surface area contributed by atoms with Crippen molar-refractivity contribution >= 4 is 11.9 Å². The van der Waals surface area contributed by atoms with E-state index in [1.165, 1.54) is 0 Å². The van der Waals surface area contributed by atoms with Gasteiger partial charge >= 0.3 is 115 Å². The van der Waals surface area contributed by atoms with Gasteiger partial charge in [-0.25, -0.2) is 9.59 Å². The van der Waals surface area contributed by atoms with Crippen LogP contribution in [0.3, 0.4) is 0 Å². The molecule has 0 spiro atoms. The Bertz CT molecular complexity index is 693. The predicted molar refractivity (Wildman–Crippen MR) is 72.4 cm³/mol. The summed E-state index contributed by atoms with van der Waals surface area (Å²) in [7, 11) is 0. The summed E-state index contributed by atoms with van der Waals surface area (Å²) in [5.74, 6) is -7.67. The second kappa shape index (κ2) is 12.0. The van der Waals surface area contributed by atoms with E-state index in [2.05, 4.69) is 0 Å². The summed E-state index contributed by atoms with van der Waals surface area (Å²) in [5, 5.41) is 73.3. The number of carboxylic acid groups (broad SMARTS) is 2. The molecule has 0 aliphatic carbocycles. The topological polar surface area (TPSA) is 202 Å². The third-order valence-electron chi connectivity index (χ3n) is 2.59. The van der Waals surface area contributed by atoms with Crippen LogP contribution in [0.15, 0.2) is 24.3 Å². The first-order valence-electron chi connectivity index (χ1n) is 5.97. The monoisotopic (exact) mass is 416 g/mol. The first-order valence-corrected chi connectivity index (χ1v) is 5.97. The molecule has 0 heterocycles. The fourth-order valence-electron chi connectivity index (χ4n) is 1.44. The number of phenols is 4. The molecule has 0 aliphatic rings. The second-order valence-corrected chi connectivity index (χ2v) is 4.30. The van der Waals surface area contributed by atoms with Crippen LogP contribution in [0.5, 0.6) is 34.5 Å². The predicted octanol–water partition coefficient (Wildman–Crippen LogP) is -6.25. The molecule has 0 aliphatic heterocycles. The number of hydrogen-bond donors (Lipinski definition) is 6. The van der Waals surface area contributed by atoms with Crippen molar-refractivity contribution in [1.29, 1.82) is 0 Å². The zero-order valence-electron chi connectivity index (χ0n) is 13.6. The Morgan fingerprint density at radius 2 is 0.808 bits per heavy atom. The molecule has 6 N–H and O–H groups in total. The molecular formula is C14H10K2O10. The van der Waals surface area contributed by atoms with Crippen LogP contribution < -0.4 is 113 Å². The van der Waals surface area contributed by atoms with Crippen molar-refractivity contribution in [2.45, 2.75) is 0 Å². The van der Waals surface area contributed by atoms with Crippen LogP contribution in [0.25, 0.3) is 0 Å². The van der Waals surface area contributed by atoms with E-state index in [4.69, 9.17) is 30.6 Å². The molecule has 0 aromatic heterocycles. The van der Waals surface area contributed by atoms with E-state index in [-0.39, 0.29) is 114 Å². The third-order valence-corrected chi connectivity index (χ3v) is 2.59. The van der Waals surface area contributed by atoms with E-state index >= 15 is 0 Å². The molecule has 0 amide bonds. The zero-order chi connectivity index (χ0) is 18.6. The van der Waals surface area contributed by atoms with E-state index in [1.54, 1.807) is 0 Å². The number of aromatic carboxylic acids is 2. The summed E-state index contributed by atoms with van der Waals surface area (Å²) in [6.45, 7) is 0. The van der Waals surface area contributed by atoms with Gasteiger partial charge in [-0.1, -0.05) is 0 Å². The minimum absolute atomic E-state index is 0. The van der Waals surface area contributed by atoms with E-state index in [1.807, 2.05) is 0 Å². The second-order valence-electron chi connectivity index (χ2n) is 4.30. The maximum atomic E-state index is 10.7. The quantitative estimate of drug-likeness (QED) is 0.256. The van der Waals surface area contributed by atoms with Gasteiger partial charge in [0.15, 0.2) is 0 Å². The third kappa shape index (κ3) is 7.60. The summed E-state index contributed by atoms with van der Waals surface area (Å²) >= 11 is 0. The van der Waals surface area contributed by atoms with Gasteiger partial charge in [-0.3, -0.25) is 0 Å². The van der Waals surface area contributed by atoms with Crippen LogP contribution in [0.4, 0.5) is 0 Å². The van der Waals surface area contributed by atoms with E-state index < -0.39 is 46.4 Å². The molecule has 0 atom stereocenters. The number of hydrogen-bond acceptors (Lipinski definition) is 8. The van der Waals surface area contributed by atoms with Crippen molar-refractivity contribution in [1.82, 2.24) is 0 Å². The molecule has 0 radical (unpaired) electrons. The van der Waals surface area contributed by atoms with Crippen LogP contribution in [0.1, 0.15) is 20.7 Å². The van der Waals surface area contributed by atoms with Crippen molar-refractivity contribution in [3.63, 3.8) is 0 Å². The zero-order valence-corrected chi connectivity index (χ0v) is 19.9. The summed E-state index contributed by atoms with van der Waals surface area (Å²) < 4.78 is 0. The van der Waals surface area contributed by atoms with Crippen molar-refractivity contribution in [2.75, 3.05) is 0 Å². The Hall–Kier alpha value is -0.547. The van der Waals surface area contributed by atoms with Crippen LogP contribution in [-0.2, 0) is 0 Å². The number of carbonyl (C=O) groups is 2. The SMILES string of the molecule is O=C(O)c1cc(O)c([O-])c(O)c1.O=C(O)c1cc(O)c([O-])c(O)c1.[K+].[K+]. The smallest absolute Gasteiger partial charge is 0.867 e. The summed E-state index contributed by atoms with van der Waals surface area (Å²) in [6, 6.07) is 3.13. The minimum atomic E-state index is -1.32. The molecule has 0 saturated carbocycles. The number of phenolic OH excluding ortho intramolecular Hbond substituents is 4. The van der Waals surface area contributed by atoms with Crippen molar-refractivity contribution in [3.8, 4) is 34.5 Å². The molecule has 0 unspecified atom stereocenters. The summed E-state index contributed by atoms with van der Waals surface area (Å²) in [4.78, 5) is 20.6. The van der Waals surface area contributed by atoms with E-state index in [9.17, 15) is 19.8 Å². The van der Waals surface area contributed by atoms with Gasteiger partial charge in [0.25, 0.3) is 0 Å². The number of aromatic hydroxyl groups is 4. The van der Waals surface area contributed by atoms with Crippen molar-refractivity contribution in [3.05, 3.63) is 35.4 Å². The molecule has 0 bridgehead atoms. The fraction of sp³-hybridized carbons (Fsp3) is 0. The molecule has 2 rings (SSSR count). The standard InChI is InChI=1S/2C7H6O5.2K/c2*8-4-1-3(7(11)12)2-5(9)6(4)10;;/h2*1-2,8-10H,(H,11,12);;/q;;2*+1/p-2. The van der Waals surface area contributed by atoms with Gasteiger partial charge in [-0.15, -0.1) is 0 Å². The Morgan fingerprint density at radius 3 is 0.962 bits per heavy atom. The molecule has 0 fully saturated rings. The van der Waals surface area contributed by atoms with Gasteiger partial charge in [0.2, 0.25) is 0 Å². The summed E-state index contributed by atoms with van der Waals surface area (Å²) in [5.41, 5.74) is -0.658. The first-order chi connectivity index (χ1) is 11.0. The summed E-state index contributed by atoms with van der Waals surface area (Å²) in [6.07, 6.45) is 0. The van der Waals surface area contributed by atoms with E-state index in [0.29, 0.717) is 0 Å². The Kier molecular flexibility index (Phi) is 12.8. The number of carboxylic acids is 2. The van der Waals surface area contributed by atoms with Crippen molar-refractivity contribution in [2.24, 2.45) is 0 Å². The Balaban J connectivity index is 0. The average Bonchev–Trinajstić information content (AvgIpc) is 2.49. The molecular weight excluding hydrogens is 406 g/mol. The van der Waals surface area contributed by atoms with Crippen LogP contribution in [-0.4, -0.2) is 42.6 Å². The fourth-order valence-corrected chi connectivity index (χ4v) is 1.44. The maximum Gasteiger partial charge on any atom is 1.00 e. The number of benzene rings is 2. The molecule has 26 heavy (non-hydrogen) atoms. The van der Waals surface area contributed by atoms with E-state index in [0.717, 1.165) is 24.3 Å². The van der Waals surface area contributed by atoms with Gasteiger partial charge in [0.05, 0.1) is 11.1 Å². The van der Waals surface area contributed by atoms with Gasteiger partial charge in [-0.2, -0.15) is 0 Å². The average molecular weight is 416 g/mol. The maximum absolute atomic E-state index is 10.7. The molecule has 128 valence electrons. The molecule has 2 aromatic carbocycles. The minimum Gasteiger partial charge on any atom is -0.867 e. The Labute approximate surface area is 231 Å². The van der Waals surface area contributed by atoms with Crippen LogP contribution >= 0.6 is 0 Å². The van der Waals surface area contributed by atoms with Gasteiger partial charge in [-0.05, 0) is 35.8 Å². The molecule has 10 nitrogen and oxygen atoms in total. The Morgan fingerprint density at radius 1 is 0.615 bits per heavy atom. The molecule has 12 heteroatoms. The van der Waals surface area contributed by atoms with Gasteiger partial charge < -0.3 is 40.9 Å². The van der Waals surface area contributed by atoms with Gasteiger partial charge in [0.1, 0.15) is 23.0 Å². The molecule has 0 saturated heterocycles. The normalized spacial score (nSPS) is 8.92. The van der Waals surface area contributed by atoms with Gasteiger partial charge in [0, 0.05) is 0 Å². The largest absolute Gasteiger partial charge is 1.00 e. The van der Waals surface area contributed by atoms with Crippen LogP contribution in [0, 0.1) is 0 Å². The van der Waals surface area contributed by atoms with Crippen molar-refractivity contribution < 1.29 is 153 Å². The van der Waals surface area contributed by atoms with Crippen LogP contribution in [0.2, 0.25) is 0 Å². The first kappa shape index (κ1) is 27.7. The molecule has 2 aromatic rings.